The second-order valence-electron chi connectivity index (χ2n) is 3.32. The summed E-state index contributed by atoms with van der Waals surface area (Å²) >= 11 is 5.09. The Hall–Kier alpha value is -0.220. The highest BCUT2D eigenvalue weighted by Gasteiger charge is 2.22. The monoisotopic (exact) mass is 259 g/mol. The number of rotatable bonds is 1. The molecule has 1 aliphatic carbocycles. The van der Waals surface area contributed by atoms with Gasteiger partial charge in [0.1, 0.15) is 5.78 Å². The molecule has 0 bridgehead atoms. The van der Waals surface area contributed by atoms with Gasteiger partial charge in [-0.05, 0) is 28.8 Å². The molecule has 1 aromatic heterocycles. The molecular weight excluding hydrogens is 250 g/mol. The van der Waals surface area contributed by atoms with Gasteiger partial charge in [-0.1, -0.05) is 0 Å². The third-order valence-corrected chi connectivity index (χ3v) is 4.03. The first-order chi connectivity index (χ1) is 6.25. The van der Waals surface area contributed by atoms with Gasteiger partial charge in [-0.25, -0.2) is 4.98 Å². The molecule has 0 aliphatic heterocycles. The van der Waals surface area contributed by atoms with E-state index in [4.69, 9.17) is 0 Å². The summed E-state index contributed by atoms with van der Waals surface area (Å²) in [5, 5.41) is 1.18. The van der Waals surface area contributed by atoms with Crippen molar-refractivity contribution < 1.29 is 4.79 Å². The smallest absolute Gasteiger partial charge is 0.132 e. The topological polar surface area (TPSA) is 30.0 Å². The number of nitrogens with zero attached hydrogens (tertiary/aromatic N) is 1. The maximum atomic E-state index is 11.0. The SMILES string of the molecule is O=C1CCC(c2ncc(Br)s2)CC1. The number of ketones is 1. The summed E-state index contributed by atoms with van der Waals surface area (Å²) in [6.07, 6.45) is 5.29. The summed E-state index contributed by atoms with van der Waals surface area (Å²) in [6.45, 7) is 0. The summed E-state index contributed by atoms with van der Waals surface area (Å²) in [5.74, 6) is 0.931. The summed E-state index contributed by atoms with van der Waals surface area (Å²) in [5.41, 5.74) is 0. The highest BCUT2D eigenvalue weighted by atomic mass is 79.9. The van der Waals surface area contributed by atoms with Crippen molar-refractivity contribution in [2.24, 2.45) is 0 Å². The number of carbonyl (C=O) groups excluding carboxylic acids is 1. The van der Waals surface area contributed by atoms with Crippen LogP contribution < -0.4 is 0 Å². The molecule has 2 rings (SSSR count). The summed E-state index contributed by atoms with van der Waals surface area (Å²) in [4.78, 5) is 15.3. The van der Waals surface area contributed by atoms with Crippen LogP contribution in [0.15, 0.2) is 9.98 Å². The first kappa shape index (κ1) is 9.34. The molecule has 0 saturated heterocycles. The molecular formula is C9H10BrNOS. The predicted molar refractivity (Wildman–Crippen MR) is 56.0 cm³/mol. The van der Waals surface area contributed by atoms with Crippen LogP contribution in [0.2, 0.25) is 0 Å². The van der Waals surface area contributed by atoms with E-state index < -0.39 is 0 Å². The normalized spacial score (nSPS) is 19.3. The Labute approximate surface area is 89.5 Å². The van der Waals surface area contributed by atoms with E-state index in [2.05, 4.69) is 20.9 Å². The molecule has 1 aromatic rings. The van der Waals surface area contributed by atoms with E-state index in [0.717, 1.165) is 29.5 Å². The Morgan fingerprint density at radius 1 is 1.46 bits per heavy atom. The van der Waals surface area contributed by atoms with Crippen molar-refractivity contribution in [3.63, 3.8) is 0 Å². The van der Waals surface area contributed by atoms with Gasteiger partial charge in [0.2, 0.25) is 0 Å². The zero-order valence-electron chi connectivity index (χ0n) is 7.12. The number of Topliss-reactive ketones (excluding diaryl/α,β-unsaturated/α-hetero) is 1. The summed E-state index contributed by atoms with van der Waals surface area (Å²) < 4.78 is 1.08. The quantitative estimate of drug-likeness (QED) is 0.776. The van der Waals surface area contributed by atoms with Gasteiger partial charge >= 0.3 is 0 Å². The molecule has 13 heavy (non-hydrogen) atoms. The van der Waals surface area contributed by atoms with Crippen molar-refractivity contribution in [3.05, 3.63) is 15.0 Å². The lowest BCUT2D eigenvalue weighted by Crippen LogP contribution is -2.11. The molecule has 4 heteroatoms. The minimum Gasteiger partial charge on any atom is -0.300 e. The molecule has 0 amide bonds. The number of hydrogen-bond donors (Lipinski definition) is 0. The fraction of sp³-hybridized carbons (Fsp3) is 0.556. The lowest BCUT2D eigenvalue weighted by molar-refractivity contribution is -0.120. The van der Waals surface area contributed by atoms with E-state index in [1.807, 2.05) is 6.20 Å². The van der Waals surface area contributed by atoms with Crippen LogP contribution in [0.5, 0.6) is 0 Å². The number of thiazole rings is 1. The van der Waals surface area contributed by atoms with Crippen LogP contribution in [-0.4, -0.2) is 10.8 Å². The number of carbonyl (C=O) groups is 1. The van der Waals surface area contributed by atoms with E-state index in [1.54, 1.807) is 11.3 Å². The molecule has 1 heterocycles. The minimum atomic E-state index is 0.409. The Kier molecular flexibility index (Phi) is 2.79. The number of hydrogen-bond acceptors (Lipinski definition) is 3. The fourth-order valence-corrected chi connectivity index (χ4v) is 3.06. The van der Waals surface area contributed by atoms with E-state index in [9.17, 15) is 4.79 Å². The van der Waals surface area contributed by atoms with Gasteiger partial charge in [0.05, 0.1) is 15.0 Å². The van der Waals surface area contributed by atoms with Crippen LogP contribution in [0.25, 0.3) is 0 Å². The average molecular weight is 260 g/mol. The first-order valence-electron chi connectivity index (χ1n) is 4.38. The summed E-state index contributed by atoms with van der Waals surface area (Å²) in [6, 6.07) is 0. The molecule has 0 spiro atoms. The van der Waals surface area contributed by atoms with Crippen molar-refractivity contribution in [2.45, 2.75) is 31.6 Å². The molecule has 70 valence electrons. The second kappa shape index (κ2) is 3.88. The standard InChI is InChI=1S/C9H10BrNOS/c10-8-5-11-9(13-8)6-1-3-7(12)4-2-6/h5-6H,1-4H2. The predicted octanol–water partition coefficient (Wildman–Crippen LogP) is 3.13. The van der Waals surface area contributed by atoms with Crippen molar-refractivity contribution in [1.29, 1.82) is 0 Å². The molecule has 2 nitrogen and oxygen atoms in total. The fourth-order valence-electron chi connectivity index (χ4n) is 1.64. The van der Waals surface area contributed by atoms with Crippen molar-refractivity contribution in [2.75, 3.05) is 0 Å². The second-order valence-corrected chi connectivity index (χ2v) is 5.76. The van der Waals surface area contributed by atoms with Gasteiger partial charge < -0.3 is 0 Å². The molecule has 1 aliphatic rings. The van der Waals surface area contributed by atoms with Crippen LogP contribution in [0, 0.1) is 0 Å². The Bertz CT molecular complexity index is 313. The van der Waals surface area contributed by atoms with E-state index in [1.165, 1.54) is 5.01 Å². The van der Waals surface area contributed by atoms with E-state index in [-0.39, 0.29) is 0 Å². The maximum Gasteiger partial charge on any atom is 0.132 e. The number of aromatic nitrogens is 1. The van der Waals surface area contributed by atoms with Gasteiger partial charge in [-0.15, -0.1) is 11.3 Å². The molecule has 0 N–H and O–H groups in total. The minimum absolute atomic E-state index is 0.409. The van der Waals surface area contributed by atoms with Crippen LogP contribution in [-0.2, 0) is 4.79 Å². The molecule has 0 unspecified atom stereocenters. The third-order valence-electron chi connectivity index (χ3n) is 2.39. The lowest BCUT2D eigenvalue weighted by Gasteiger charge is -2.18. The van der Waals surface area contributed by atoms with Crippen LogP contribution in [0.1, 0.15) is 36.6 Å². The van der Waals surface area contributed by atoms with Crippen molar-refractivity contribution in [1.82, 2.24) is 4.98 Å². The van der Waals surface area contributed by atoms with Gasteiger partial charge in [0.15, 0.2) is 0 Å². The highest BCUT2D eigenvalue weighted by Crippen LogP contribution is 2.34. The molecule has 0 radical (unpaired) electrons. The largest absolute Gasteiger partial charge is 0.300 e. The lowest BCUT2D eigenvalue weighted by atomic mass is 9.89. The maximum absolute atomic E-state index is 11.0. The van der Waals surface area contributed by atoms with Crippen molar-refractivity contribution in [3.8, 4) is 0 Å². The number of halogens is 1. The van der Waals surface area contributed by atoms with Gasteiger partial charge in [-0.3, -0.25) is 4.79 Å². The highest BCUT2D eigenvalue weighted by molar-refractivity contribution is 9.11. The molecule has 0 aromatic carbocycles. The molecule has 0 atom stereocenters. The average Bonchev–Trinajstić information content (AvgIpc) is 2.53. The van der Waals surface area contributed by atoms with Gasteiger partial charge in [0.25, 0.3) is 0 Å². The zero-order chi connectivity index (χ0) is 9.26. The Morgan fingerprint density at radius 3 is 2.69 bits per heavy atom. The first-order valence-corrected chi connectivity index (χ1v) is 5.99. The van der Waals surface area contributed by atoms with Crippen LogP contribution >= 0.6 is 27.3 Å². The van der Waals surface area contributed by atoms with E-state index >= 15 is 0 Å². The van der Waals surface area contributed by atoms with Crippen molar-refractivity contribution >= 4 is 33.0 Å². The molecule has 1 fully saturated rings. The van der Waals surface area contributed by atoms with E-state index in [0.29, 0.717) is 11.7 Å². The van der Waals surface area contributed by atoms with Gasteiger partial charge in [-0.2, -0.15) is 0 Å². The Morgan fingerprint density at radius 2 is 2.15 bits per heavy atom. The van der Waals surface area contributed by atoms with Crippen LogP contribution in [0.3, 0.4) is 0 Å². The third kappa shape index (κ3) is 2.17. The van der Waals surface area contributed by atoms with Crippen LogP contribution in [0.4, 0.5) is 0 Å². The Balaban J connectivity index is 2.06. The van der Waals surface area contributed by atoms with Gasteiger partial charge in [0, 0.05) is 18.8 Å². The summed E-state index contributed by atoms with van der Waals surface area (Å²) in [7, 11) is 0. The zero-order valence-corrected chi connectivity index (χ0v) is 9.53. The molecule has 1 saturated carbocycles.